The van der Waals surface area contributed by atoms with Gasteiger partial charge in [-0.05, 0) is 28.1 Å². The van der Waals surface area contributed by atoms with Gasteiger partial charge >= 0.3 is 0 Å². The number of nitrogens with zero attached hydrogens (tertiary/aromatic N) is 2. The van der Waals surface area contributed by atoms with Crippen LogP contribution in [0, 0.1) is 5.82 Å². The molecule has 1 aromatic heterocycles. The van der Waals surface area contributed by atoms with Crippen molar-refractivity contribution in [2.45, 2.75) is 0 Å². The van der Waals surface area contributed by atoms with Crippen LogP contribution in [-0.4, -0.2) is 17.1 Å². The summed E-state index contributed by atoms with van der Waals surface area (Å²) in [5, 5.41) is 0. The summed E-state index contributed by atoms with van der Waals surface area (Å²) in [5.74, 6) is 0.183. The molecule has 1 heterocycles. The molecule has 0 unspecified atom stereocenters. The van der Waals surface area contributed by atoms with E-state index >= 15 is 0 Å². The topological polar surface area (TPSA) is 35.0 Å². The molecule has 0 atom stereocenters. The second-order valence-electron chi connectivity index (χ2n) is 3.06. The van der Waals surface area contributed by atoms with Gasteiger partial charge in [0.05, 0.1) is 7.11 Å². The summed E-state index contributed by atoms with van der Waals surface area (Å²) in [7, 11) is 1.56. The van der Waals surface area contributed by atoms with E-state index in [0.717, 1.165) is 0 Å². The van der Waals surface area contributed by atoms with Crippen LogP contribution in [0.3, 0.4) is 0 Å². The van der Waals surface area contributed by atoms with Crippen molar-refractivity contribution < 1.29 is 9.13 Å². The predicted octanol–water partition coefficient (Wildman–Crippen LogP) is 3.05. The van der Waals surface area contributed by atoms with Gasteiger partial charge in [-0.25, -0.2) is 14.4 Å². The third kappa shape index (κ3) is 2.04. The van der Waals surface area contributed by atoms with Crippen molar-refractivity contribution in [3.8, 4) is 17.0 Å². The third-order valence-electron chi connectivity index (χ3n) is 2.09. The molecule has 0 aliphatic carbocycles. The highest BCUT2D eigenvalue weighted by molar-refractivity contribution is 9.10. The molecule has 0 aliphatic heterocycles. The fourth-order valence-electron chi connectivity index (χ4n) is 1.32. The summed E-state index contributed by atoms with van der Waals surface area (Å²) in [6.07, 6.45) is 1.31. The molecule has 0 aliphatic rings. The lowest BCUT2D eigenvalue weighted by Gasteiger charge is -2.05. The largest absolute Gasteiger partial charge is 0.497 e. The van der Waals surface area contributed by atoms with Crippen LogP contribution in [0.25, 0.3) is 11.3 Å². The van der Waals surface area contributed by atoms with Crippen molar-refractivity contribution in [2.24, 2.45) is 0 Å². The Balaban J connectivity index is 2.54. The van der Waals surface area contributed by atoms with Crippen molar-refractivity contribution >= 4 is 15.9 Å². The van der Waals surface area contributed by atoms with E-state index in [2.05, 4.69) is 25.9 Å². The highest BCUT2D eigenvalue weighted by atomic mass is 79.9. The van der Waals surface area contributed by atoms with Crippen LogP contribution in [0.2, 0.25) is 0 Å². The second kappa shape index (κ2) is 4.57. The highest BCUT2D eigenvalue weighted by Gasteiger charge is 2.11. The van der Waals surface area contributed by atoms with Gasteiger partial charge in [0.1, 0.15) is 22.4 Å². The first-order valence-electron chi connectivity index (χ1n) is 4.53. The molecule has 5 heteroatoms. The Kier molecular flexibility index (Phi) is 3.14. The average Bonchev–Trinajstić information content (AvgIpc) is 2.33. The van der Waals surface area contributed by atoms with E-state index < -0.39 is 5.82 Å². The Hall–Kier alpha value is -1.49. The summed E-state index contributed by atoms with van der Waals surface area (Å²) in [4.78, 5) is 7.62. The fourth-order valence-corrected chi connectivity index (χ4v) is 1.60. The quantitative estimate of drug-likeness (QED) is 0.794. The van der Waals surface area contributed by atoms with Gasteiger partial charge in [0.2, 0.25) is 0 Å². The zero-order valence-corrected chi connectivity index (χ0v) is 10.0. The summed E-state index contributed by atoms with van der Waals surface area (Å²) in [5.41, 5.74) is 0.903. The third-order valence-corrected chi connectivity index (χ3v) is 2.64. The molecule has 0 saturated carbocycles. The van der Waals surface area contributed by atoms with Gasteiger partial charge in [-0.1, -0.05) is 12.1 Å². The molecule has 82 valence electrons. The molecule has 16 heavy (non-hydrogen) atoms. The van der Waals surface area contributed by atoms with Crippen LogP contribution in [0.15, 0.2) is 35.2 Å². The van der Waals surface area contributed by atoms with E-state index in [1.54, 1.807) is 31.4 Å². The molecule has 0 fully saturated rings. The summed E-state index contributed by atoms with van der Waals surface area (Å²) < 4.78 is 18.9. The van der Waals surface area contributed by atoms with Crippen molar-refractivity contribution in [1.82, 2.24) is 9.97 Å². The number of halogens is 2. The maximum Gasteiger partial charge on any atom is 0.182 e. The monoisotopic (exact) mass is 282 g/mol. The lowest BCUT2D eigenvalue weighted by molar-refractivity contribution is 0.415. The van der Waals surface area contributed by atoms with Gasteiger partial charge in [-0.2, -0.15) is 0 Å². The number of hydrogen-bond donors (Lipinski definition) is 0. The van der Waals surface area contributed by atoms with Gasteiger partial charge in [0, 0.05) is 5.56 Å². The molecular formula is C11H8BrFN2O. The SMILES string of the molecule is COc1cccc(-c2ncnc(Br)c2F)c1. The minimum absolute atomic E-state index is 0.153. The first-order chi connectivity index (χ1) is 7.72. The Morgan fingerprint density at radius 1 is 1.31 bits per heavy atom. The minimum atomic E-state index is -0.476. The zero-order valence-electron chi connectivity index (χ0n) is 8.45. The summed E-state index contributed by atoms with van der Waals surface area (Å²) >= 11 is 3.02. The Morgan fingerprint density at radius 2 is 2.12 bits per heavy atom. The van der Waals surface area contributed by atoms with E-state index in [4.69, 9.17) is 4.74 Å². The molecule has 0 amide bonds. The standard InChI is InChI=1S/C11H8BrFN2O/c1-16-8-4-2-3-7(5-8)10-9(13)11(12)15-6-14-10/h2-6H,1H3. The van der Waals surface area contributed by atoms with Crippen molar-refractivity contribution in [3.05, 3.63) is 41.0 Å². The molecular weight excluding hydrogens is 275 g/mol. The van der Waals surface area contributed by atoms with Crippen LogP contribution >= 0.6 is 15.9 Å². The van der Waals surface area contributed by atoms with Crippen LogP contribution in [0.4, 0.5) is 4.39 Å². The maximum atomic E-state index is 13.7. The van der Waals surface area contributed by atoms with E-state index in [1.807, 2.05) is 0 Å². The number of hydrogen-bond acceptors (Lipinski definition) is 3. The first-order valence-corrected chi connectivity index (χ1v) is 5.32. The molecule has 3 nitrogen and oxygen atoms in total. The highest BCUT2D eigenvalue weighted by Crippen LogP contribution is 2.26. The number of methoxy groups -OCH3 is 1. The smallest absolute Gasteiger partial charge is 0.182 e. The van der Waals surface area contributed by atoms with E-state index in [9.17, 15) is 4.39 Å². The fraction of sp³-hybridized carbons (Fsp3) is 0.0909. The molecule has 0 N–H and O–H groups in total. The van der Waals surface area contributed by atoms with Gasteiger partial charge in [0.25, 0.3) is 0 Å². The van der Waals surface area contributed by atoms with Crippen molar-refractivity contribution in [3.63, 3.8) is 0 Å². The molecule has 2 aromatic rings. The molecule has 0 bridgehead atoms. The molecule has 2 rings (SSSR count). The average molecular weight is 283 g/mol. The van der Waals surface area contributed by atoms with E-state index in [1.165, 1.54) is 6.33 Å². The number of rotatable bonds is 2. The minimum Gasteiger partial charge on any atom is -0.497 e. The van der Waals surface area contributed by atoms with E-state index in [0.29, 0.717) is 11.3 Å². The lowest BCUT2D eigenvalue weighted by Crippen LogP contribution is -1.93. The first kappa shape index (κ1) is 11.0. The summed E-state index contributed by atoms with van der Waals surface area (Å²) in [6.45, 7) is 0. The second-order valence-corrected chi connectivity index (χ2v) is 3.81. The zero-order chi connectivity index (χ0) is 11.5. The van der Waals surface area contributed by atoms with E-state index in [-0.39, 0.29) is 10.3 Å². The summed E-state index contributed by atoms with van der Waals surface area (Å²) in [6, 6.07) is 7.06. The Bertz CT molecular complexity index is 519. The van der Waals surface area contributed by atoms with Crippen LogP contribution in [0.1, 0.15) is 0 Å². The van der Waals surface area contributed by atoms with Crippen LogP contribution in [-0.2, 0) is 0 Å². The Labute approximate surface area is 100 Å². The number of benzene rings is 1. The normalized spacial score (nSPS) is 10.2. The van der Waals surface area contributed by atoms with Crippen molar-refractivity contribution in [1.29, 1.82) is 0 Å². The predicted molar refractivity (Wildman–Crippen MR) is 61.7 cm³/mol. The van der Waals surface area contributed by atoms with Gasteiger partial charge in [0.15, 0.2) is 5.82 Å². The van der Waals surface area contributed by atoms with Gasteiger partial charge in [-0.3, -0.25) is 0 Å². The number of aromatic nitrogens is 2. The molecule has 1 aromatic carbocycles. The molecule has 0 spiro atoms. The van der Waals surface area contributed by atoms with Gasteiger partial charge in [-0.15, -0.1) is 0 Å². The lowest BCUT2D eigenvalue weighted by atomic mass is 10.1. The van der Waals surface area contributed by atoms with Gasteiger partial charge < -0.3 is 4.74 Å². The van der Waals surface area contributed by atoms with Crippen LogP contribution < -0.4 is 4.74 Å². The van der Waals surface area contributed by atoms with Crippen LogP contribution in [0.5, 0.6) is 5.75 Å². The molecule has 0 saturated heterocycles. The molecule has 0 radical (unpaired) electrons. The Morgan fingerprint density at radius 3 is 2.88 bits per heavy atom. The maximum absolute atomic E-state index is 13.7. The number of ether oxygens (including phenoxy) is 1. The van der Waals surface area contributed by atoms with Crippen molar-refractivity contribution in [2.75, 3.05) is 7.11 Å².